The summed E-state index contributed by atoms with van der Waals surface area (Å²) in [6.07, 6.45) is 0. The molecule has 0 fully saturated rings. The van der Waals surface area contributed by atoms with Crippen molar-refractivity contribution in [2.75, 3.05) is 0 Å². The minimum atomic E-state index is 0.548. The first-order valence-corrected chi connectivity index (χ1v) is 16.3. The Balaban J connectivity index is 1.18. The standard InChI is InChI=1S/C45H25N5/c1-48-34-19-22-36(44(26-34)50-41-14-5-3-12-38(41)45-33(28-47)10-7-15-43(45)50)32-9-6-8-31(25-32)30-17-20-35(21-18-30)49-40-13-4-2-11-37(40)39-24-29(27-46)16-23-42(39)49/h2-26H. The molecule has 0 bridgehead atoms. The van der Waals surface area contributed by atoms with Crippen LogP contribution >= 0.6 is 0 Å². The van der Waals surface area contributed by atoms with Gasteiger partial charge in [0.15, 0.2) is 5.69 Å². The molecule has 0 amide bonds. The van der Waals surface area contributed by atoms with Crippen LogP contribution in [0.3, 0.4) is 0 Å². The van der Waals surface area contributed by atoms with Crippen LogP contribution in [-0.2, 0) is 0 Å². The fraction of sp³-hybridized carbons (Fsp3) is 0. The van der Waals surface area contributed by atoms with Crippen LogP contribution in [0.5, 0.6) is 0 Å². The first kappa shape index (κ1) is 28.8. The summed E-state index contributed by atoms with van der Waals surface area (Å²) in [6.45, 7) is 7.81. The van der Waals surface area contributed by atoms with E-state index >= 15 is 0 Å². The molecule has 5 nitrogen and oxygen atoms in total. The van der Waals surface area contributed by atoms with Gasteiger partial charge in [0.25, 0.3) is 0 Å². The third-order valence-electron chi connectivity index (χ3n) is 9.60. The number of para-hydroxylation sites is 2. The molecule has 0 aliphatic heterocycles. The lowest BCUT2D eigenvalue weighted by Gasteiger charge is -2.16. The summed E-state index contributed by atoms with van der Waals surface area (Å²) in [4.78, 5) is 3.78. The number of nitrogens with zero attached hydrogens (tertiary/aromatic N) is 5. The Morgan fingerprint density at radius 3 is 1.98 bits per heavy atom. The van der Waals surface area contributed by atoms with E-state index in [1.54, 1.807) is 0 Å². The molecule has 0 N–H and O–H groups in total. The number of hydrogen-bond acceptors (Lipinski definition) is 2. The number of fused-ring (bicyclic) bond motifs is 6. The third-order valence-corrected chi connectivity index (χ3v) is 9.60. The fourth-order valence-electron chi connectivity index (χ4n) is 7.38. The van der Waals surface area contributed by atoms with Crippen molar-refractivity contribution in [1.29, 1.82) is 10.5 Å². The second kappa shape index (κ2) is 11.4. The molecule has 0 spiro atoms. The van der Waals surface area contributed by atoms with Gasteiger partial charge in [0.05, 0.1) is 51.9 Å². The van der Waals surface area contributed by atoms with E-state index in [-0.39, 0.29) is 0 Å². The highest BCUT2D eigenvalue weighted by Gasteiger charge is 2.19. The Morgan fingerprint density at radius 2 is 1.20 bits per heavy atom. The van der Waals surface area contributed by atoms with Gasteiger partial charge in [-0.3, -0.25) is 0 Å². The number of nitriles is 2. The van der Waals surface area contributed by atoms with Crippen molar-refractivity contribution in [2.24, 2.45) is 0 Å². The van der Waals surface area contributed by atoms with E-state index in [4.69, 9.17) is 6.57 Å². The van der Waals surface area contributed by atoms with Gasteiger partial charge in [0.2, 0.25) is 0 Å². The zero-order chi connectivity index (χ0) is 33.8. The van der Waals surface area contributed by atoms with Crippen molar-refractivity contribution in [3.63, 3.8) is 0 Å². The summed E-state index contributed by atoms with van der Waals surface area (Å²) >= 11 is 0. The summed E-state index contributed by atoms with van der Waals surface area (Å²) in [5.41, 5.74) is 12.0. The van der Waals surface area contributed by atoms with Gasteiger partial charge in [0.1, 0.15) is 0 Å². The Hall–Kier alpha value is -7.39. The lowest BCUT2D eigenvalue weighted by molar-refractivity contribution is 1.18. The highest BCUT2D eigenvalue weighted by atomic mass is 15.0. The van der Waals surface area contributed by atoms with Gasteiger partial charge in [0, 0.05) is 38.5 Å². The molecule has 0 radical (unpaired) electrons. The molecule has 0 saturated heterocycles. The fourth-order valence-corrected chi connectivity index (χ4v) is 7.38. The molecular formula is C45H25N5. The smallest absolute Gasteiger partial charge is 0.189 e. The summed E-state index contributed by atoms with van der Waals surface area (Å²) < 4.78 is 4.43. The molecule has 5 heteroatoms. The molecule has 2 aromatic heterocycles. The van der Waals surface area contributed by atoms with Gasteiger partial charge < -0.3 is 9.13 Å². The molecule has 0 aliphatic carbocycles. The van der Waals surface area contributed by atoms with Gasteiger partial charge in [-0.1, -0.05) is 84.9 Å². The number of aromatic nitrogens is 2. The lowest BCUT2D eigenvalue weighted by Crippen LogP contribution is -1.97. The first-order chi connectivity index (χ1) is 24.7. The van der Waals surface area contributed by atoms with Crippen molar-refractivity contribution in [3.05, 3.63) is 174 Å². The third kappa shape index (κ3) is 4.38. The zero-order valence-electron chi connectivity index (χ0n) is 26.7. The molecule has 2 heterocycles. The Morgan fingerprint density at radius 1 is 0.500 bits per heavy atom. The molecule has 0 saturated carbocycles. The van der Waals surface area contributed by atoms with Crippen LogP contribution in [0.4, 0.5) is 5.69 Å². The minimum absolute atomic E-state index is 0.548. The van der Waals surface area contributed by atoms with E-state index < -0.39 is 0 Å². The number of hydrogen-bond donors (Lipinski definition) is 0. The maximum atomic E-state index is 10.0. The molecule has 0 aliphatic rings. The molecule has 230 valence electrons. The van der Waals surface area contributed by atoms with E-state index in [0.717, 1.165) is 77.2 Å². The number of benzene rings is 7. The molecule has 9 aromatic rings. The molecular weight excluding hydrogens is 611 g/mol. The molecule has 0 unspecified atom stereocenters. The first-order valence-electron chi connectivity index (χ1n) is 16.3. The normalized spacial score (nSPS) is 11.1. The number of rotatable bonds is 4. The summed E-state index contributed by atoms with van der Waals surface area (Å²) in [5, 5.41) is 23.6. The van der Waals surface area contributed by atoms with Gasteiger partial charge in [-0.15, -0.1) is 0 Å². The van der Waals surface area contributed by atoms with E-state index in [0.29, 0.717) is 16.8 Å². The Labute approximate surface area is 288 Å². The van der Waals surface area contributed by atoms with Gasteiger partial charge >= 0.3 is 0 Å². The lowest BCUT2D eigenvalue weighted by atomic mass is 9.97. The van der Waals surface area contributed by atoms with E-state index in [2.05, 4.69) is 98.9 Å². The predicted molar refractivity (Wildman–Crippen MR) is 202 cm³/mol. The summed E-state index contributed by atoms with van der Waals surface area (Å²) in [7, 11) is 0. The molecule has 0 atom stereocenters. The average Bonchev–Trinajstić information content (AvgIpc) is 3.70. The predicted octanol–water partition coefficient (Wildman–Crippen LogP) is 11.5. The maximum Gasteiger partial charge on any atom is 0.189 e. The second-order valence-electron chi connectivity index (χ2n) is 12.3. The van der Waals surface area contributed by atoms with Crippen molar-refractivity contribution >= 4 is 49.3 Å². The van der Waals surface area contributed by atoms with Crippen LogP contribution in [0.1, 0.15) is 11.1 Å². The van der Waals surface area contributed by atoms with E-state index in [9.17, 15) is 10.5 Å². The SMILES string of the molecule is [C-]#[N+]c1ccc(-c2cccc(-c3ccc(-n4c5ccccc5c5cc(C#N)ccc54)cc3)c2)c(-n2c3ccccc3c3c(C#N)cccc32)c1. The van der Waals surface area contributed by atoms with Crippen LogP contribution in [0, 0.1) is 29.2 Å². The Kier molecular flexibility index (Phi) is 6.56. The van der Waals surface area contributed by atoms with Crippen LogP contribution < -0.4 is 0 Å². The molecule has 7 aromatic carbocycles. The second-order valence-corrected chi connectivity index (χ2v) is 12.3. The summed E-state index contributed by atoms with van der Waals surface area (Å²) in [6, 6.07) is 55.7. The van der Waals surface area contributed by atoms with Gasteiger partial charge in [-0.25, -0.2) is 4.85 Å². The monoisotopic (exact) mass is 635 g/mol. The van der Waals surface area contributed by atoms with Gasteiger partial charge in [-0.05, 0) is 83.4 Å². The van der Waals surface area contributed by atoms with Crippen LogP contribution in [0.25, 0.3) is 82.1 Å². The van der Waals surface area contributed by atoms with Crippen molar-refractivity contribution in [3.8, 4) is 45.8 Å². The quantitative estimate of drug-likeness (QED) is 0.181. The Bertz CT molecular complexity index is 2960. The van der Waals surface area contributed by atoms with E-state index in [1.165, 1.54) is 0 Å². The van der Waals surface area contributed by atoms with Crippen LogP contribution in [0.2, 0.25) is 0 Å². The van der Waals surface area contributed by atoms with E-state index in [1.807, 2.05) is 78.9 Å². The van der Waals surface area contributed by atoms with Crippen LogP contribution in [0.15, 0.2) is 152 Å². The van der Waals surface area contributed by atoms with Crippen LogP contribution in [-0.4, -0.2) is 9.13 Å². The van der Waals surface area contributed by atoms with Gasteiger partial charge in [-0.2, -0.15) is 10.5 Å². The molecule has 50 heavy (non-hydrogen) atoms. The van der Waals surface area contributed by atoms with Crippen molar-refractivity contribution in [1.82, 2.24) is 9.13 Å². The maximum absolute atomic E-state index is 10.0. The van der Waals surface area contributed by atoms with Crippen molar-refractivity contribution < 1.29 is 0 Å². The zero-order valence-corrected chi connectivity index (χ0v) is 26.7. The molecule has 9 rings (SSSR count). The minimum Gasteiger partial charge on any atom is -0.310 e. The largest absolute Gasteiger partial charge is 0.310 e. The topological polar surface area (TPSA) is 61.8 Å². The average molecular weight is 636 g/mol. The summed E-state index contributed by atoms with van der Waals surface area (Å²) in [5.74, 6) is 0. The highest BCUT2D eigenvalue weighted by molar-refractivity contribution is 6.12. The highest BCUT2D eigenvalue weighted by Crippen LogP contribution is 2.40. The van der Waals surface area contributed by atoms with Crippen molar-refractivity contribution in [2.45, 2.75) is 0 Å².